The van der Waals surface area contributed by atoms with Crippen LogP contribution in [0.25, 0.3) is 0 Å². The number of nitrogens with zero attached hydrogens (tertiary/aromatic N) is 4. The molecular weight excluding hydrogens is 702 g/mol. The first-order valence-electron chi connectivity index (χ1n) is 17.5. The number of benzene rings is 3. The fourth-order valence-electron chi connectivity index (χ4n) is 6.27. The molecule has 12 nitrogen and oxygen atoms in total. The molecule has 3 aliphatic rings. The Morgan fingerprint density at radius 1 is 0.870 bits per heavy atom. The molecule has 0 N–H and O–H groups in total. The number of rotatable bonds is 12. The van der Waals surface area contributed by atoms with Gasteiger partial charge in [0.2, 0.25) is 17.4 Å². The minimum atomic E-state index is -1.28. The second kappa shape index (κ2) is 15.2. The van der Waals surface area contributed by atoms with Gasteiger partial charge in [-0.25, -0.2) is 0 Å². The van der Waals surface area contributed by atoms with Gasteiger partial charge in [0, 0.05) is 25.2 Å². The first kappa shape index (κ1) is 37.0. The van der Waals surface area contributed by atoms with E-state index in [0.29, 0.717) is 6.54 Å². The number of ether oxygens (including phenoxy) is 8. The van der Waals surface area contributed by atoms with E-state index in [4.69, 9.17) is 37.9 Å². The normalized spacial score (nSPS) is 20.6. The van der Waals surface area contributed by atoms with Crippen LogP contribution < -0.4 is 18.9 Å². The minimum Gasteiger partial charge on any atom is -0.485 e. The van der Waals surface area contributed by atoms with Gasteiger partial charge in [0.15, 0.2) is 29.2 Å². The molecule has 7 rings (SSSR count). The summed E-state index contributed by atoms with van der Waals surface area (Å²) in [4.78, 5) is 10.7. The Bertz CT molecular complexity index is 2050. The molecule has 2 atom stereocenters. The predicted octanol–water partition coefficient (Wildman–Crippen LogP) is 7.14. The van der Waals surface area contributed by atoms with E-state index in [1.54, 1.807) is 45.9 Å². The van der Waals surface area contributed by atoms with Crippen LogP contribution in [0.4, 0.5) is 8.78 Å². The average molecular weight is 743 g/mol. The van der Waals surface area contributed by atoms with Crippen LogP contribution in [0.5, 0.6) is 34.8 Å². The topological polar surface area (TPSA) is 126 Å². The molecule has 0 amide bonds. The summed E-state index contributed by atoms with van der Waals surface area (Å²) < 4.78 is 81.6. The molecule has 2 unspecified atom stereocenters. The summed E-state index contributed by atoms with van der Waals surface area (Å²) >= 11 is 0. The first-order chi connectivity index (χ1) is 25.9. The fraction of sp³-hybridized carbons (Fsp3) is 0.375. The third-order valence-corrected chi connectivity index (χ3v) is 8.91. The zero-order valence-corrected chi connectivity index (χ0v) is 30.5. The molecular formula is C40H40F2N4O8. The Morgan fingerprint density at radius 3 is 2.17 bits per heavy atom. The quantitative estimate of drug-likeness (QED) is 0.147. The van der Waals surface area contributed by atoms with Gasteiger partial charge >= 0.3 is 0 Å². The number of hydrogen-bond donors (Lipinski definition) is 0. The average Bonchev–Trinajstić information content (AvgIpc) is 3.86. The van der Waals surface area contributed by atoms with Gasteiger partial charge in [-0.05, 0) is 57.5 Å². The van der Waals surface area contributed by atoms with E-state index < -0.39 is 59.0 Å². The Morgan fingerprint density at radius 2 is 1.56 bits per heavy atom. The number of likely N-dealkylation sites (N-methyl/N-ethyl adjacent to an activating group) is 1. The highest BCUT2D eigenvalue weighted by Gasteiger charge is 2.48. The lowest BCUT2D eigenvalue weighted by atomic mass is 10.1. The third-order valence-electron chi connectivity index (χ3n) is 8.91. The van der Waals surface area contributed by atoms with Gasteiger partial charge in [0.25, 0.3) is 11.8 Å². The van der Waals surface area contributed by atoms with Crippen molar-refractivity contribution in [2.24, 2.45) is 4.99 Å². The molecule has 0 bridgehead atoms. The highest BCUT2D eigenvalue weighted by atomic mass is 19.1. The summed E-state index contributed by atoms with van der Waals surface area (Å²) in [5.74, 6) is -5.66. The van der Waals surface area contributed by atoms with Crippen molar-refractivity contribution < 1.29 is 46.7 Å². The van der Waals surface area contributed by atoms with Crippen LogP contribution in [0, 0.1) is 23.0 Å². The summed E-state index contributed by atoms with van der Waals surface area (Å²) in [6.45, 7) is 8.52. The molecule has 14 heteroatoms. The number of hydrogen-bond acceptors (Lipinski definition) is 12. The maximum absolute atomic E-state index is 16.8. The molecule has 3 aliphatic heterocycles. The van der Waals surface area contributed by atoms with E-state index >= 15 is 8.78 Å². The molecule has 0 aliphatic carbocycles. The summed E-state index contributed by atoms with van der Waals surface area (Å²) in [5.41, 5.74) is 1.79. The van der Waals surface area contributed by atoms with Crippen molar-refractivity contribution in [3.8, 4) is 40.8 Å². The van der Waals surface area contributed by atoms with Gasteiger partial charge in [-0.1, -0.05) is 42.5 Å². The van der Waals surface area contributed by atoms with E-state index in [1.165, 1.54) is 18.2 Å². The van der Waals surface area contributed by atoms with Gasteiger partial charge in [0.05, 0.1) is 31.4 Å². The van der Waals surface area contributed by atoms with Crippen molar-refractivity contribution in [2.75, 3.05) is 33.4 Å². The van der Waals surface area contributed by atoms with Crippen LogP contribution in [0.15, 0.2) is 77.8 Å². The maximum Gasteiger partial charge on any atom is 0.263 e. The van der Waals surface area contributed by atoms with Crippen LogP contribution in [-0.2, 0) is 25.6 Å². The van der Waals surface area contributed by atoms with Gasteiger partial charge in [0.1, 0.15) is 30.4 Å². The minimum absolute atomic E-state index is 0.0488. The van der Waals surface area contributed by atoms with Crippen molar-refractivity contribution in [1.29, 1.82) is 5.26 Å². The van der Waals surface area contributed by atoms with Crippen LogP contribution in [0.1, 0.15) is 44.4 Å². The zero-order chi connectivity index (χ0) is 38.0. The molecule has 282 valence electrons. The molecule has 0 spiro atoms. The van der Waals surface area contributed by atoms with Gasteiger partial charge < -0.3 is 42.8 Å². The lowest BCUT2D eigenvalue weighted by Gasteiger charge is -2.30. The second-order valence-electron chi connectivity index (χ2n) is 13.9. The smallest absolute Gasteiger partial charge is 0.263 e. The van der Waals surface area contributed by atoms with Gasteiger partial charge in [-0.15, -0.1) is 0 Å². The number of nitriles is 1. The number of pyridine rings is 1. The predicted molar refractivity (Wildman–Crippen MR) is 191 cm³/mol. The Kier molecular flexibility index (Phi) is 10.4. The van der Waals surface area contributed by atoms with Crippen molar-refractivity contribution in [3.05, 3.63) is 101 Å². The lowest BCUT2D eigenvalue weighted by Crippen LogP contribution is -2.46. The highest BCUT2D eigenvalue weighted by Crippen LogP contribution is 2.42. The first-order valence-corrected chi connectivity index (χ1v) is 17.5. The van der Waals surface area contributed by atoms with E-state index in [1.807, 2.05) is 54.4 Å². The van der Waals surface area contributed by atoms with E-state index in [9.17, 15) is 5.26 Å². The summed E-state index contributed by atoms with van der Waals surface area (Å²) in [7, 11) is 1.92. The molecule has 2 saturated heterocycles. The Balaban J connectivity index is 1.29. The molecule has 0 saturated carbocycles. The molecule has 0 radical (unpaired) electrons. The molecule has 4 aromatic rings. The number of aromatic nitrogens is 1. The monoisotopic (exact) mass is 742 g/mol. The van der Waals surface area contributed by atoms with Crippen LogP contribution >= 0.6 is 0 Å². The number of halogens is 2. The van der Waals surface area contributed by atoms with Crippen molar-refractivity contribution in [1.82, 2.24) is 9.88 Å². The maximum atomic E-state index is 16.8. The van der Waals surface area contributed by atoms with Crippen molar-refractivity contribution >= 4 is 5.84 Å². The Labute approximate surface area is 311 Å². The molecule has 54 heavy (non-hydrogen) atoms. The summed E-state index contributed by atoms with van der Waals surface area (Å²) in [6.07, 6.45) is -2.74. The van der Waals surface area contributed by atoms with Gasteiger partial charge in [-0.2, -0.15) is 19.0 Å². The standard InChI is InChI=1S/C40H40F2N4O8/c1-39(2)48-22-30(53-39)34(31-23-49-40(3,4)54-31)52-35-32(41)37(50-27-13-9-12-26(19-27)36-44-16-17-46(36)5)45-38(33(35)42)51-29-18-25(20-43)14-15-28(29)47-21-24-10-7-6-8-11-24/h6-15,18-19,30-31,34H,16-17,21-23H2,1-5H3. The van der Waals surface area contributed by atoms with E-state index in [-0.39, 0.29) is 42.6 Å². The van der Waals surface area contributed by atoms with E-state index in [2.05, 4.69) is 9.98 Å². The fourth-order valence-corrected chi connectivity index (χ4v) is 6.27. The molecule has 4 heterocycles. The third kappa shape index (κ3) is 8.24. The van der Waals surface area contributed by atoms with Gasteiger partial charge in [-0.3, -0.25) is 4.99 Å². The summed E-state index contributed by atoms with van der Waals surface area (Å²) in [5, 5.41) is 9.69. The van der Waals surface area contributed by atoms with Crippen LogP contribution in [0.3, 0.4) is 0 Å². The van der Waals surface area contributed by atoms with Crippen molar-refractivity contribution in [2.45, 2.75) is 64.2 Å². The summed E-state index contributed by atoms with van der Waals surface area (Å²) in [6, 6.07) is 22.7. The molecule has 1 aromatic heterocycles. The zero-order valence-electron chi connectivity index (χ0n) is 30.5. The van der Waals surface area contributed by atoms with Crippen LogP contribution in [0.2, 0.25) is 0 Å². The molecule has 2 fully saturated rings. The molecule has 3 aromatic carbocycles. The highest BCUT2D eigenvalue weighted by molar-refractivity contribution is 5.99. The SMILES string of the molecule is CN1CCN=C1c1cccc(Oc2nc(Oc3cc(C#N)ccc3OCc3ccccc3)c(F)c(OC(C3COC(C)(C)O3)C3COC(C)(C)O3)c2F)c1. The van der Waals surface area contributed by atoms with E-state index in [0.717, 1.165) is 23.5 Å². The number of amidine groups is 1. The number of aliphatic imine (C=N–C) groups is 1. The van der Waals surface area contributed by atoms with Crippen LogP contribution in [-0.4, -0.2) is 79.0 Å². The Hall–Kier alpha value is -5.33. The van der Waals surface area contributed by atoms with Crippen molar-refractivity contribution in [3.63, 3.8) is 0 Å². The largest absolute Gasteiger partial charge is 0.485 e. The lowest BCUT2D eigenvalue weighted by molar-refractivity contribution is -0.175. The second-order valence-corrected chi connectivity index (χ2v) is 13.9.